The van der Waals surface area contributed by atoms with Crippen LogP contribution in [0.4, 0.5) is 5.69 Å². The van der Waals surface area contributed by atoms with Crippen molar-refractivity contribution in [2.75, 3.05) is 5.73 Å². The molecule has 0 bridgehead atoms. The normalized spacial score (nSPS) is 11.3. The lowest BCUT2D eigenvalue weighted by molar-refractivity contribution is 0.0952. The zero-order valence-corrected chi connectivity index (χ0v) is 11.0. The number of hydrogen-bond acceptors (Lipinski definition) is 4. The maximum absolute atomic E-state index is 5.99. The summed E-state index contributed by atoms with van der Waals surface area (Å²) in [5.41, 5.74) is 6.64. The number of nitrogens with two attached hydrogens (primary N) is 1. The molecule has 4 nitrogen and oxygen atoms in total. The molecule has 0 radical (unpaired) electrons. The van der Waals surface area contributed by atoms with Gasteiger partial charge in [-0.25, -0.2) is 9.97 Å². The molecular formula is C13H14ClN3O. The van der Waals surface area contributed by atoms with Crippen molar-refractivity contribution in [3.8, 4) is 6.01 Å². The SMILES string of the molecule is CC(C)(Oc1ncccn1)c1cc(N)cc(Cl)c1. The fourth-order valence-electron chi connectivity index (χ4n) is 1.59. The summed E-state index contributed by atoms with van der Waals surface area (Å²) in [7, 11) is 0. The molecule has 0 saturated heterocycles. The van der Waals surface area contributed by atoms with Gasteiger partial charge in [-0.1, -0.05) is 11.6 Å². The number of benzene rings is 1. The third kappa shape index (κ3) is 2.90. The maximum atomic E-state index is 5.99. The molecule has 0 fully saturated rings. The Morgan fingerprint density at radius 1 is 1.17 bits per heavy atom. The molecule has 2 rings (SSSR count). The Hall–Kier alpha value is -1.81. The quantitative estimate of drug-likeness (QED) is 0.865. The highest BCUT2D eigenvalue weighted by Gasteiger charge is 2.24. The minimum Gasteiger partial charge on any atom is -0.453 e. The zero-order chi connectivity index (χ0) is 13.2. The molecule has 1 heterocycles. The van der Waals surface area contributed by atoms with E-state index in [-0.39, 0.29) is 0 Å². The van der Waals surface area contributed by atoms with Crippen LogP contribution in [0, 0.1) is 0 Å². The topological polar surface area (TPSA) is 61.0 Å². The highest BCUT2D eigenvalue weighted by Crippen LogP contribution is 2.29. The molecule has 0 saturated carbocycles. The molecule has 18 heavy (non-hydrogen) atoms. The Morgan fingerprint density at radius 2 is 1.83 bits per heavy atom. The third-order valence-electron chi connectivity index (χ3n) is 2.50. The van der Waals surface area contributed by atoms with E-state index in [4.69, 9.17) is 22.1 Å². The Balaban J connectivity index is 2.30. The van der Waals surface area contributed by atoms with Gasteiger partial charge in [0.05, 0.1) is 0 Å². The smallest absolute Gasteiger partial charge is 0.317 e. The largest absolute Gasteiger partial charge is 0.453 e. The second-order valence-corrected chi connectivity index (χ2v) is 4.85. The fraction of sp³-hybridized carbons (Fsp3) is 0.231. The number of aromatic nitrogens is 2. The summed E-state index contributed by atoms with van der Waals surface area (Å²) in [4.78, 5) is 8.07. The molecule has 0 unspecified atom stereocenters. The van der Waals surface area contributed by atoms with E-state index in [0.29, 0.717) is 16.7 Å². The van der Waals surface area contributed by atoms with Gasteiger partial charge < -0.3 is 10.5 Å². The first-order valence-electron chi connectivity index (χ1n) is 5.50. The van der Waals surface area contributed by atoms with Gasteiger partial charge in [0.2, 0.25) is 0 Å². The molecule has 94 valence electrons. The van der Waals surface area contributed by atoms with Crippen molar-refractivity contribution in [3.05, 3.63) is 47.2 Å². The van der Waals surface area contributed by atoms with E-state index in [0.717, 1.165) is 5.56 Å². The Morgan fingerprint density at radius 3 is 2.44 bits per heavy atom. The first-order chi connectivity index (χ1) is 8.47. The number of halogens is 1. The highest BCUT2D eigenvalue weighted by atomic mass is 35.5. The number of anilines is 1. The second kappa shape index (κ2) is 4.82. The monoisotopic (exact) mass is 263 g/mol. The van der Waals surface area contributed by atoms with E-state index in [1.165, 1.54) is 0 Å². The minimum atomic E-state index is -0.611. The van der Waals surface area contributed by atoms with Crippen LogP contribution in [0.15, 0.2) is 36.7 Å². The van der Waals surface area contributed by atoms with Gasteiger partial charge in [0.1, 0.15) is 5.60 Å². The van der Waals surface area contributed by atoms with Crippen LogP contribution in [0.5, 0.6) is 6.01 Å². The van der Waals surface area contributed by atoms with Crippen LogP contribution in [0.25, 0.3) is 0 Å². The lowest BCUT2D eigenvalue weighted by Gasteiger charge is -2.26. The summed E-state index contributed by atoms with van der Waals surface area (Å²) < 4.78 is 5.76. The Bertz CT molecular complexity index is 523. The van der Waals surface area contributed by atoms with E-state index in [1.54, 1.807) is 24.5 Å². The third-order valence-corrected chi connectivity index (χ3v) is 2.72. The van der Waals surface area contributed by atoms with Crippen LogP contribution in [0.1, 0.15) is 19.4 Å². The van der Waals surface area contributed by atoms with E-state index in [2.05, 4.69) is 9.97 Å². The molecule has 0 amide bonds. The Labute approximate surface area is 111 Å². The van der Waals surface area contributed by atoms with Gasteiger partial charge in [0, 0.05) is 23.1 Å². The van der Waals surface area contributed by atoms with Crippen molar-refractivity contribution in [2.45, 2.75) is 19.4 Å². The predicted octanol–water partition coefficient (Wildman–Crippen LogP) is 3.03. The van der Waals surface area contributed by atoms with Crippen LogP contribution in [-0.2, 0) is 5.60 Å². The molecule has 0 spiro atoms. The lowest BCUT2D eigenvalue weighted by atomic mass is 9.97. The fourth-order valence-corrected chi connectivity index (χ4v) is 1.83. The van der Waals surface area contributed by atoms with Gasteiger partial charge >= 0.3 is 6.01 Å². The van der Waals surface area contributed by atoms with Crippen molar-refractivity contribution in [1.82, 2.24) is 9.97 Å². The summed E-state index contributed by atoms with van der Waals surface area (Å²) in [6.07, 6.45) is 3.26. The van der Waals surface area contributed by atoms with Crippen LogP contribution in [0.3, 0.4) is 0 Å². The average Bonchev–Trinajstić information content (AvgIpc) is 2.28. The van der Waals surface area contributed by atoms with E-state index in [9.17, 15) is 0 Å². The maximum Gasteiger partial charge on any atom is 0.317 e. The minimum absolute atomic E-state index is 0.320. The van der Waals surface area contributed by atoms with E-state index in [1.807, 2.05) is 26.0 Å². The van der Waals surface area contributed by atoms with Gasteiger partial charge in [-0.3, -0.25) is 0 Å². The second-order valence-electron chi connectivity index (χ2n) is 4.42. The molecule has 0 aliphatic rings. The number of rotatable bonds is 3. The van der Waals surface area contributed by atoms with Crippen LogP contribution in [0.2, 0.25) is 5.02 Å². The molecule has 5 heteroatoms. The van der Waals surface area contributed by atoms with E-state index >= 15 is 0 Å². The molecule has 1 aromatic carbocycles. The van der Waals surface area contributed by atoms with Crippen LogP contribution < -0.4 is 10.5 Å². The summed E-state index contributed by atoms with van der Waals surface area (Å²) in [5.74, 6) is 0. The first-order valence-corrected chi connectivity index (χ1v) is 5.88. The molecule has 2 aromatic rings. The van der Waals surface area contributed by atoms with Crippen molar-refractivity contribution in [1.29, 1.82) is 0 Å². The molecule has 0 aliphatic carbocycles. The van der Waals surface area contributed by atoms with Gasteiger partial charge in [-0.2, -0.15) is 0 Å². The number of ether oxygens (including phenoxy) is 1. The summed E-state index contributed by atoms with van der Waals surface area (Å²) in [6, 6.07) is 7.40. The van der Waals surface area contributed by atoms with Gasteiger partial charge in [-0.15, -0.1) is 0 Å². The van der Waals surface area contributed by atoms with Crippen molar-refractivity contribution in [3.63, 3.8) is 0 Å². The van der Waals surface area contributed by atoms with Crippen LogP contribution >= 0.6 is 11.6 Å². The average molecular weight is 264 g/mol. The summed E-state index contributed by atoms with van der Waals surface area (Å²) in [5, 5.41) is 0.579. The van der Waals surface area contributed by atoms with Gasteiger partial charge in [-0.05, 0) is 43.7 Å². The lowest BCUT2D eigenvalue weighted by Crippen LogP contribution is -2.26. The molecular weight excluding hydrogens is 250 g/mol. The number of nitrogen functional groups attached to an aromatic ring is 1. The molecule has 0 aliphatic heterocycles. The van der Waals surface area contributed by atoms with Crippen molar-refractivity contribution in [2.24, 2.45) is 0 Å². The molecule has 0 atom stereocenters. The standard InChI is InChI=1S/C13H14ClN3O/c1-13(2,18-12-16-4-3-5-17-12)9-6-10(14)8-11(15)7-9/h3-8H,15H2,1-2H3. The summed E-state index contributed by atoms with van der Waals surface area (Å²) >= 11 is 5.99. The van der Waals surface area contributed by atoms with Crippen molar-refractivity contribution < 1.29 is 4.74 Å². The zero-order valence-electron chi connectivity index (χ0n) is 10.2. The van der Waals surface area contributed by atoms with Crippen molar-refractivity contribution >= 4 is 17.3 Å². The molecule has 1 aromatic heterocycles. The molecule has 2 N–H and O–H groups in total. The highest BCUT2D eigenvalue weighted by molar-refractivity contribution is 6.30. The number of hydrogen-bond donors (Lipinski definition) is 1. The Kier molecular flexibility index (Phi) is 3.39. The first kappa shape index (κ1) is 12.6. The predicted molar refractivity (Wildman–Crippen MR) is 71.6 cm³/mol. The number of nitrogens with zero attached hydrogens (tertiary/aromatic N) is 2. The van der Waals surface area contributed by atoms with E-state index < -0.39 is 5.60 Å². The van der Waals surface area contributed by atoms with Gasteiger partial charge in [0.25, 0.3) is 0 Å². The van der Waals surface area contributed by atoms with Gasteiger partial charge in [0.15, 0.2) is 0 Å². The summed E-state index contributed by atoms with van der Waals surface area (Å²) in [6.45, 7) is 3.82. The van der Waals surface area contributed by atoms with Crippen LogP contribution in [-0.4, -0.2) is 9.97 Å².